The summed E-state index contributed by atoms with van der Waals surface area (Å²) in [5.41, 5.74) is 6.38. The fourth-order valence-electron chi connectivity index (χ4n) is 4.53. The van der Waals surface area contributed by atoms with E-state index in [0.29, 0.717) is 5.71 Å². The number of benzene rings is 3. The van der Waals surface area contributed by atoms with Crippen molar-refractivity contribution in [3.05, 3.63) is 116 Å². The molecule has 3 aromatic heterocycles. The van der Waals surface area contributed by atoms with E-state index in [2.05, 4.69) is 71.7 Å². The number of pyridine rings is 2. The summed E-state index contributed by atoms with van der Waals surface area (Å²) in [5.74, 6) is 0. The number of aromatic nitrogens is 2. The van der Waals surface area contributed by atoms with E-state index >= 15 is 0 Å². The van der Waals surface area contributed by atoms with Gasteiger partial charge in [-0.25, -0.2) is 4.98 Å². The maximum Gasteiger partial charge on any atom is 0.495 e. The van der Waals surface area contributed by atoms with Gasteiger partial charge >= 0.3 is 6.01 Å². The molecule has 0 atom stereocenters. The second-order valence-electron chi connectivity index (χ2n) is 9.95. The first-order valence-electron chi connectivity index (χ1n) is 12.5. The van der Waals surface area contributed by atoms with Crippen molar-refractivity contribution in [3.63, 3.8) is 0 Å². The number of nitrogens with zero attached hydrogens (tertiary/aromatic N) is 4. The van der Waals surface area contributed by atoms with Gasteiger partial charge in [-0.1, -0.05) is 38.8 Å². The predicted octanol–water partition coefficient (Wildman–Crippen LogP) is 7.79. The van der Waals surface area contributed by atoms with E-state index in [1.807, 2.05) is 77.4 Å². The number of furan rings is 1. The maximum absolute atomic E-state index is 6.09. The van der Waals surface area contributed by atoms with Crippen molar-refractivity contribution in [2.24, 2.45) is 0 Å². The standard InChI is InChI=1S/C22H18N3O.C11H8N.Ir/c1-22(2,3)25-14-24(17-10-4-5-11-18(17)25)19-12-6-8-15-16-9-7-13-23-21(16)26-20(15)19;1-2-6-10(7-3-1)11-8-4-5-9-12-11;/h4-11,13H,1-3H3;1-6,8-9H;/q+1;-1;. The first kappa shape index (κ1) is 26.4. The molecule has 3 aromatic carbocycles. The van der Waals surface area contributed by atoms with Crippen molar-refractivity contribution >= 4 is 45.1 Å². The van der Waals surface area contributed by atoms with E-state index in [-0.39, 0.29) is 25.6 Å². The summed E-state index contributed by atoms with van der Waals surface area (Å²) < 4.78 is 10.3. The molecule has 0 spiro atoms. The first-order chi connectivity index (χ1) is 18.5. The molecule has 1 aliphatic rings. The molecule has 0 amide bonds. The molecular weight excluding hydrogens is 661 g/mol. The fourth-order valence-corrected chi connectivity index (χ4v) is 4.53. The number of rotatable bonds is 2. The van der Waals surface area contributed by atoms with Gasteiger partial charge in [0.05, 0.1) is 5.58 Å². The molecule has 193 valence electrons. The number of fused-ring (bicyclic) bond motifs is 4. The third kappa shape index (κ3) is 5.10. The molecule has 4 heterocycles. The molecule has 39 heavy (non-hydrogen) atoms. The van der Waals surface area contributed by atoms with Crippen LogP contribution in [0.2, 0.25) is 0 Å². The van der Waals surface area contributed by atoms with Crippen LogP contribution in [0.15, 0.2) is 108 Å². The Morgan fingerprint density at radius 1 is 0.744 bits per heavy atom. The SMILES string of the molecule is CC(C)(C)[N+]1=C=[N+](c2[c-]ccc3c2oc2ncccc23)c2ccccc21.[Ir].[c-]1ccccc1-c1ccccn1. The van der Waals surface area contributed by atoms with Crippen molar-refractivity contribution in [2.75, 3.05) is 0 Å². The molecule has 6 heteroatoms. The van der Waals surface area contributed by atoms with Crippen LogP contribution in [0.25, 0.3) is 33.3 Å². The number of hydrogen-bond acceptors (Lipinski definition) is 3. The fraction of sp³-hybridized carbons (Fsp3) is 0.121. The quantitative estimate of drug-likeness (QED) is 0.138. The first-order valence-corrected chi connectivity index (χ1v) is 12.5. The number of para-hydroxylation sites is 2. The minimum Gasteiger partial charge on any atom is -0.495 e. The molecule has 0 saturated heterocycles. The van der Waals surface area contributed by atoms with Gasteiger partial charge in [-0.3, -0.25) is 0 Å². The predicted molar refractivity (Wildman–Crippen MR) is 151 cm³/mol. The minimum atomic E-state index is -0.0891. The summed E-state index contributed by atoms with van der Waals surface area (Å²) >= 11 is 0. The Balaban J connectivity index is 0.000000200. The van der Waals surface area contributed by atoms with Crippen LogP contribution in [0.3, 0.4) is 0 Å². The molecule has 0 unspecified atom stereocenters. The Bertz CT molecular complexity index is 1790. The molecule has 1 aliphatic heterocycles. The van der Waals surface area contributed by atoms with Gasteiger partial charge in [-0.05, 0) is 23.9 Å². The van der Waals surface area contributed by atoms with Crippen molar-refractivity contribution < 1.29 is 29.1 Å². The summed E-state index contributed by atoms with van der Waals surface area (Å²) in [4.78, 5) is 8.57. The van der Waals surface area contributed by atoms with Crippen LogP contribution in [0, 0.1) is 12.1 Å². The molecule has 0 saturated carbocycles. The van der Waals surface area contributed by atoms with Crippen LogP contribution in [-0.4, -0.2) is 26.1 Å². The Labute approximate surface area is 241 Å². The van der Waals surface area contributed by atoms with E-state index in [0.717, 1.165) is 44.7 Å². The van der Waals surface area contributed by atoms with Gasteiger partial charge in [0.1, 0.15) is 0 Å². The molecule has 7 rings (SSSR count). The third-order valence-corrected chi connectivity index (χ3v) is 6.30. The summed E-state index contributed by atoms with van der Waals surface area (Å²) in [7, 11) is 0. The summed E-state index contributed by atoms with van der Waals surface area (Å²) in [6, 6.07) is 39.9. The van der Waals surface area contributed by atoms with Crippen molar-refractivity contribution in [2.45, 2.75) is 26.3 Å². The van der Waals surface area contributed by atoms with E-state index < -0.39 is 0 Å². The van der Waals surface area contributed by atoms with Gasteiger partial charge in [-0.15, -0.1) is 42.0 Å². The average molecular weight is 687 g/mol. The van der Waals surface area contributed by atoms with Crippen molar-refractivity contribution in [1.29, 1.82) is 0 Å². The van der Waals surface area contributed by atoms with Crippen LogP contribution in [0.1, 0.15) is 20.8 Å². The van der Waals surface area contributed by atoms with Crippen LogP contribution >= 0.6 is 0 Å². The monoisotopic (exact) mass is 687 g/mol. The molecule has 1 radical (unpaired) electrons. The van der Waals surface area contributed by atoms with Crippen LogP contribution in [0.5, 0.6) is 0 Å². The average Bonchev–Trinajstić information content (AvgIpc) is 3.54. The molecule has 6 aromatic rings. The van der Waals surface area contributed by atoms with E-state index in [4.69, 9.17) is 4.42 Å². The smallest absolute Gasteiger partial charge is 0.495 e. The molecule has 0 fully saturated rings. The molecule has 5 nitrogen and oxygen atoms in total. The summed E-state index contributed by atoms with van der Waals surface area (Å²) in [6.07, 6.45) is 3.54. The van der Waals surface area contributed by atoms with E-state index in [9.17, 15) is 0 Å². The zero-order valence-corrected chi connectivity index (χ0v) is 24.2. The molecule has 0 N–H and O–H groups in total. The van der Waals surface area contributed by atoms with Gasteiger partial charge in [0.25, 0.3) is 11.4 Å². The van der Waals surface area contributed by atoms with Gasteiger partial charge in [0.15, 0.2) is 11.2 Å². The van der Waals surface area contributed by atoms with Gasteiger partial charge in [0, 0.05) is 70.8 Å². The molecule has 0 bridgehead atoms. The maximum atomic E-state index is 6.09. The van der Waals surface area contributed by atoms with Crippen LogP contribution in [0.4, 0.5) is 17.1 Å². The zero-order chi connectivity index (χ0) is 26.1. The van der Waals surface area contributed by atoms with E-state index in [1.54, 1.807) is 12.4 Å². The second kappa shape index (κ2) is 10.9. The largest absolute Gasteiger partial charge is 0.495 e. The number of hydrogen-bond donors (Lipinski definition) is 0. The Morgan fingerprint density at radius 3 is 2.26 bits per heavy atom. The van der Waals surface area contributed by atoms with Gasteiger partial charge in [-0.2, -0.15) is 12.1 Å². The Morgan fingerprint density at radius 2 is 1.51 bits per heavy atom. The normalized spacial score (nSPS) is 12.2. The Kier molecular flexibility index (Phi) is 7.36. The minimum absolute atomic E-state index is 0. The van der Waals surface area contributed by atoms with Crippen LogP contribution < -0.4 is 4.58 Å². The Hall–Kier alpha value is -4.21. The summed E-state index contributed by atoms with van der Waals surface area (Å²) in [6.45, 7) is 6.53. The topological polar surface area (TPSA) is 44.9 Å². The second-order valence-corrected chi connectivity index (χ2v) is 9.95. The van der Waals surface area contributed by atoms with Crippen LogP contribution in [-0.2, 0) is 20.1 Å². The third-order valence-electron chi connectivity index (χ3n) is 6.30. The molecule has 0 aliphatic carbocycles. The molecular formula is C33H26IrN4O. The summed E-state index contributed by atoms with van der Waals surface area (Å²) in [5, 5.41) is 2.05. The van der Waals surface area contributed by atoms with Gasteiger partial charge < -0.3 is 9.40 Å². The van der Waals surface area contributed by atoms with E-state index in [1.165, 1.54) is 0 Å². The zero-order valence-electron chi connectivity index (χ0n) is 21.8. The van der Waals surface area contributed by atoms with Crippen molar-refractivity contribution in [3.8, 4) is 11.3 Å². The van der Waals surface area contributed by atoms with Crippen molar-refractivity contribution in [1.82, 2.24) is 14.5 Å². The van der Waals surface area contributed by atoms with Gasteiger partial charge in [0.2, 0.25) is 5.71 Å².